The van der Waals surface area contributed by atoms with Crippen molar-refractivity contribution >= 4 is 69.6 Å². The Bertz CT molecular complexity index is 4700. The molecule has 6 aliphatic rings. The first-order valence-electron chi connectivity index (χ1n) is 37.3. The van der Waals surface area contributed by atoms with Gasteiger partial charge >= 0.3 is 12.4 Å². The molecule has 14 rings (SSSR count). The Morgan fingerprint density at radius 1 is 0.577 bits per heavy atom. The first-order chi connectivity index (χ1) is 52.7. The fourth-order valence-electron chi connectivity index (χ4n) is 15.4. The van der Waals surface area contributed by atoms with Crippen LogP contribution in [0.4, 0.5) is 26.3 Å². The van der Waals surface area contributed by atoms with Crippen molar-refractivity contribution in [2.24, 2.45) is 54.7 Å². The molecule has 2 saturated carbocycles. The average molecular weight is 1570 g/mol. The summed E-state index contributed by atoms with van der Waals surface area (Å²) in [6, 6.07) is 54.9. The lowest BCUT2D eigenvalue weighted by molar-refractivity contribution is -0.143. The van der Waals surface area contributed by atoms with Crippen molar-refractivity contribution in [1.82, 2.24) is 25.2 Å². The number of aliphatic imine (C=N–C) groups is 4. The van der Waals surface area contributed by atoms with Crippen molar-refractivity contribution in [2.45, 2.75) is 145 Å². The van der Waals surface area contributed by atoms with E-state index in [4.69, 9.17) is 65.5 Å². The van der Waals surface area contributed by atoms with Gasteiger partial charge in [-0.05, 0) is 175 Å². The van der Waals surface area contributed by atoms with E-state index in [9.17, 15) is 35.9 Å². The highest BCUT2D eigenvalue weighted by Crippen LogP contribution is 2.43. The van der Waals surface area contributed by atoms with Crippen LogP contribution in [0.1, 0.15) is 140 Å². The standard InChI is InChI=1S/C30H40N4O2.C20H19F6N3O.C18H21N3O.C17H17Cl2N3O/c1-34-28(36)30(33-29(34)31,18-17-21-9-3-2-4-10-21)20-22-11-7-14-24(19-22)32-27(35)26-16-8-13-23-12-5-6-15-25(23)26;1-29-11-18(28-17(29)27,14-5-3-2-4-6-14)12-30-10-13-7-15(19(21,22)23)9-16(8-13)20(24,25)26;1-13-6-4-7-14(10-13)15-8-5-9-16(11-15)18(2)12-22-21(3)17(19)20-18;1-17(10-23-22(2)16(20)21-17)13-5-3-4-11(6-13)12-7-14(18)9-15(19)8-12/h5-6,8,12-13,15-16,21-22,24H,2-4,7,9-11,14,17-20H2,1H3,(H2,31,33)(H,32,35);2-9H,10-12H2,1H3,(H2,27,28);4-11H,12H2,1-3H3,(H2,19,20);3-9H,10H2,1-2H3,(H2,20,21)/t22-,24+,30+;18-;;/m01../s1. The Balaban J connectivity index is 0.000000149. The maximum absolute atomic E-state index is 13.4. The highest BCUT2D eigenvalue weighted by molar-refractivity contribution is 6.35. The Morgan fingerprint density at radius 3 is 1.68 bits per heavy atom. The summed E-state index contributed by atoms with van der Waals surface area (Å²) in [5, 5.41) is 9.56. The lowest BCUT2D eigenvalue weighted by Gasteiger charge is -2.35. The van der Waals surface area contributed by atoms with E-state index in [1.54, 1.807) is 56.2 Å². The summed E-state index contributed by atoms with van der Waals surface area (Å²) in [6.45, 7) is 6.88. The number of nitrogens with zero attached hydrogens (tertiary/aromatic N) is 8. The van der Waals surface area contributed by atoms with E-state index >= 15 is 0 Å². The number of benzene rings is 8. The number of carbonyl (C=O) groups is 2. The zero-order valence-electron chi connectivity index (χ0n) is 63.5. The van der Waals surface area contributed by atoms with Crippen LogP contribution in [0.15, 0.2) is 202 Å². The monoisotopic (exact) mass is 1560 g/mol. The number of fused-ring (bicyclic) bond motifs is 1. The molecule has 111 heavy (non-hydrogen) atoms. The van der Waals surface area contributed by atoms with Crippen LogP contribution < -0.4 is 28.3 Å². The SMILES string of the molecule is CN1C(=O)[C@@](CCC2CCCCC2)(C[C@H]2CCC[C@@H](NC(=O)c3cccc4ccccc34)C2)N=C1N.CN1C[C@@](COCc2cc(C(F)(F)F)cc(C(F)(F)F)c2)(c2ccccc2)N=C1N.CN1OCC(C)(c2cccc(-c3cc(Cl)cc(Cl)c3)c2)N=C1N.Cc1cccc(-c2cccc(C3(C)CON(C)C(N)=N3)c2)c1. The third-order valence-electron chi connectivity index (χ3n) is 21.6. The van der Waals surface area contributed by atoms with Gasteiger partial charge < -0.3 is 37.9 Å². The van der Waals surface area contributed by atoms with E-state index < -0.39 is 52.2 Å². The second kappa shape index (κ2) is 34.9. The molecule has 0 spiro atoms. The summed E-state index contributed by atoms with van der Waals surface area (Å²) in [5.74, 6) is 2.45. The minimum Gasteiger partial charge on any atom is -0.374 e. The van der Waals surface area contributed by atoms with Gasteiger partial charge in [-0.1, -0.05) is 201 Å². The fourth-order valence-corrected chi connectivity index (χ4v) is 15.9. The molecule has 4 aliphatic heterocycles. The molecule has 0 aromatic heterocycles. The number of nitrogens with one attached hydrogen (secondary N) is 1. The number of carbonyl (C=O) groups excluding carboxylic acids is 2. The van der Waals surface area contributed by atoms with Crippen LogP contribution >= 0.6 is 23.2 Å². The molecule has 2 amide bonds. The number of amides is 2. The van der Waals surface area contributed by atoms with Gasteiger partial charge in [0.15, 0.2) is 11.9 Å². The summed E-state index contributed by atoms with van der Waals surface area (Å²) in [5.41, 5.74) is 27.4. The van der Waals surface area contributed by atoms with Gasteiger partial charge in [0, 0.05) is 49.8 Å². The van der Waals surface area contributed by atoms with Crippen LogP contribution in [-0.2, 0) is 54.8 Å². The number of alkyl halides is 6. The van der Waals surface area contributed by atoms with Gasteiger partial charge in [-0.3, -0.25) is 24.2 Å². The van der Waals surface area contributed by atoms with Crippen LogP contribution in [0.2, 0.25) is 10.0 Å². The number of hydroxylamine groups is 4. The predicted octanol–water partition coefficient (Wildman–Crippen LogP) is 16.9. The second-order valence-electron chi connectivity index (χ2n) is 30.2. The molecule has 2 aliphatic carbocycles. The highest BCUT2D eigenvalue weighted by atomic mass is 35.5. The second-order valence-corrected chi connectivity index (χ2v) is 31.1. The molecule has 18 nitrogen and oxygen atoms in total. The summed E-state index contributed by atoms with van der Waals surface area (Å²) >= 11 is 12.2. The van der Waals surface area contributed by atoms with E-state index in [-0.39, 0.29) is 42.1 Å². The van der Waals surface area contributed by atoms with Gasteiger partial charge in [0.1, 0.15) is 35.4 Å². The van der Waals surface area contributed by atoms with Crippen molar-refractivity contribution < 1.29 is 50.3 Å². The van der Waals surface area contributed by atoms with Crippen LogP contribution in [-0.4, -0.2) is 122 Å². The zero-order chi connectivity index (χ0) is 79.6. The number of hydrogen-bond acceptors (Lipinski definition) is 16. The largest absolute Gasteiger partial charge is 0.416 e. The normalized spacial score (nSPS) is 22.9. The van der Waals surface area contributed by atoms with E-state index in [2.05, 4.69) is 81.8 Å². The van der Waals surface area contributed by atoms with Gasteiger partial charge in [0.25, 0.3) is 11.8 Å². The number of likely N-dealkylation sites (N-methyl/N-ethyl adjacent to an activating group) is 2. The number of rotatable bonds is 16. The molecule has 9 N–H and O–H groups in total. The molecule has 588 valence electrons. The highest BCUT2D eigenvalue weighted by Gasteiger charge is 2.49. The number of ether oxygens (including phenoxy) is 1. The number of halogens is 8. The smallest absolute Gasteiger partial charge is 0.374 e. The van der Waals surface area contributed by atoms with E-state index in [1.807, 2.05) is 105 Å². The first-order valence-corrected chi connectivity index (χ1v) is 38.1. The van der Waals surface area contributed by atoms with Gasteiger partial charge in [-0.25, -0.2) is 30.1 Å². The Kier molecular flexibility index (Phi) is 25.9. The Labute approximate surface area is 654 Å². The summed E-state index contributed by atoms with van der Waals surface area (Å²) in [7, 11) is 6.98. The van der Waals surface area contributed by atoms with Crippen molar-refractivity contribution in [3.8, 4) is 22.3 Å². The molecular formula is C85H97Cl2F6N13O5. The predicted molar refractivity (Wildman–Crippen MR) is 427 cm³/mol. The van der Waals surface area contributed by atoms with E-state index in [0.717, 1.165) is 89.1 Å². The summed E-state index contributed by atoms with van der Waals surface area (Å²) in [6.07, 6.45) is 3.19. The minimum absolute atomic E-state index is 0.0107. The molecule has 8 aromatic rings. The minimum atomic E-state index is -4.91. The fraction of sp³-hybridized carbons (Fsp3) is 0.388. The van der Waals surface area contributed by atoms with E-state index in [1.165, 1.54) is 58.9 Å². The molecule has 4 heterocycles. The van der Waals surface area contributed by atoms with Crippen LogP contribution in [0.5, 0.6) is 0 Å². The summed E-state index contributed by atoms with van der Waals surface area (Å²) in [4.78, 5) is 59.5. The van der Waals surface area contributed by atoms with Gasteiger partial charge in [0.2, 0.25) is 11.9 Å². The first kappa shape index (κ1) is 82.2. The lowest BCUT2D eigenvalue weighted by atomic mass is 9.74. The number of guanidine groups is 4. The maximum Gasteiger partial charge on any atom is 0.416 e. The molecule has 0 bridgehead atoms. The Hall–Kier alpha value is -9.72. The van der Waals surface area contributed by atoms with Crippen LogP contribution in [0.3, 0.4) is 0 Å². The molecule has 2 fully saturated rings. The van der Waals surface area contributed by atoms with E-state index in [0.29, 0.717) is 71.7 Å². The number of aryl methyl sites for hydroxylation is 1. The summed E-state index contributed by atoms with van der Waals surface area (Å²) < 4.78 is 83.7. The van der Waals surface area contributed by atoms with Crippen LogP contribution in [0.25, 0.3) is 33.0 Å². The number of hydrogen-bond donors (Lipinski definition) is 5. The molecule has 26 heteroatoms. The molecule has 0 radical (unpaired) electrons. The van der Waals surface area contributed by atoms with Crippen molar-refractivity contribution in [2.75, 3.05) is 54.6 Å². The lowest BCUT2D eigenvalue weighted by Crippen LogP contribution is -2.45. The van der Waals surface area contributed by atoms with Gasteiger partial charge in [-0.15, -0.1) is 0 Å². The topological polar surface area (TPSA) is 240 Å². The van der Waals surface area contributed by atoms with Crippen molar-refractivity contribution in [3.05, 3.63) is 237 Å². The molecule has 8 aromatic carbocycles. The number of nitrogens with two attached hydrogens (primary N) is 4. The zero-order valence-corrected chi connectivity index (χ0v) is 65.0. The third-order valence-corrected chi connectivity index (χ3v) is 22.0. The van der Waals surface area contributed by atoms with Gasteiger partial charge in [-0.2, -0.15) is 26.3 Å². The molecule has 2 unspecified atom stereocenters. The van der Waals surface area contributed by atoms with Crippen molar-refractivity contribution in [1.29, 1.82) is 0 Å². The third kappa shape index (κ3) is 20.3. The molecule has 6 atom stereocenters. The molecule has 0 saturated heterocycles. The maximum atomic E-state index is 13.4. The van der Waals surface area contributed by atoms with Gasteiger partial charge in [0.05, 0.1) is 30.9 Å². The average Bonchev–Trinajstić information content (AvgIpc) is 1.40. The quantitative estimate of drug-likeness (QED) is 0.0568. The Morgan fingerprint density at radius 2 is 1.12 bits per heavy atom. The van der Waals surface area contributed by atoms with Crippen LogP contribution in [0, 0.1) is 18.8 Å². The molecular weight excluding hydrogens is 1470 g/mol. The van der Waals surface area contributed by atoms with Crippen molar-refractivity contribution in [3.63, 3.8) is 0 Å².